The van der Waals surface area contributed by atoms with Crippen molar-refractivity contribution in [1.82, 2.24) is 0 Å². The minimum atomic E-state index is -3.39. The Bertz CT molecular complexity index is 1710. The van der Waals surface area contributed by atoms with Gasteiger partial charge >= 0.3 is 6.64 Å². The van der Waals surface area contributed by atoms with Crippen LogP contribution in [-0.2, 0) is 11.8 Å². The maximum atomic E-state index is 6.70. The van der Waals surface area contributed by atoms with E-state index in [0.29, 0.717) is 11.5 Å². The molecule has 0 N–H and O–H groups in total. The first-order valence-electron chi connectivity index (χ1n) is 13.9. The van der Waals surface area contributed by atoms with E-state index >= 15 is 0 Å². The lowest BCUT2D eigenvalue weighted by atomic mass is 10.3. The van der Waals surface area contributed by atoms with Gasteiger partial charge in [0, 0.05) is 30.0 Å². The molecular formula is C36H30NO2P3S. The zero-order chi connectivity index (χ0) is 29.4. The second-order valence-electron chi connectivity index (χ2n) is 9.62. The van der Waals surface area contributed by atoms with Crippen molar-refractivity contribution in [3.8, 4) is 11.5 Å². The highest BCUT2D eigenvalue weighted by Gasteiger charge is 2.40. The maximum absolute atomic E-state index is 6.70. The second-order valence-corrected chi connectivity index (χ2v) is 19.9. The zero-order valence-electron chi connectivity index (χ0n) is 23.3. The van der Waals surface area contributed by atoms with E-state index in [0.717, 1.165) is 10.6 Å². The Morgan fingerprint density at radius 3 is 1.07 bits per heavy atom. The molecule has 0 amide bonds. The number of rotatable bonds is 10. The molecular weight excluding hydrogens is 603 g/mol. The summed E-state index contributed by atoms with van der Waals surface area (Å²) in [4.78, 5) is 0. The van der Waals surface area contributed by atoms with E-state index in [1.54, 1.807) is 0 Å². The van der Waals surface area contributed by atoms with Gasteiger partial charge in [0.15, 0.2) is 0 Å². The first-order valence-corrected chi connectivity index (χ1v) is 20.3. The SMILES string of the molecule is S=P(N=P(c1ccccc1)(c1ccccc1)P(c1ccccc1)c1ccccc1)(Oc1ccccc1)Oc1ccccc1. The van der Waals surface area contributed by atoms with Gasteiger partial charge in [-0.15, -0.1) is 0 Å². The average Bonchev–Trinajstić information content (AvgIpc) is 3.07. The van der Waals surface area contributed by atoms with Gasteiger partial charge in [0.05, 0.1) is 6.74 Å². The highest BCUT2D eigenvalue weighted by Crippen LogP contribution is 2.78. The molecule has 43 heavy (non-hydrogen) atoms. The molecule has 0 aliphatic carbocycles. The maximum Gasteiger partial charge on any atom is 0.413 e. The molecule has 0 heterocycles. The number of nitrogens with zero attached hydrogens (tertiary/aromatic N) is 1. The van der Waals surface area contributed by atoms with E-state index in [-0.39, 0.29) is 0 Å². The Balaban J connectivity index is 1.74. The lowest BCUT2D eigenvalue weighted by Gasteiger charge is -2.36. The first-order chi connectivity index (χ1) is 21.2. The van der Waals surface area contributed by atoms with Crippen molar-refractivity contribution in [1.29, 1.82) is 0 Å². The lowest BCUT2D eigenvalue weighted by Crippen LogP contribution is -2.23. The third-order valence-corrected chi connectivity index (χ3v) is 20.0. The average molecular weight is 634 g/mol. The van der Waals surface area contributed by atoms with Crippen LogP contribution >= 0.6 is 21.0 Å². The van der Waals surface area contributed by atoms with Gasteiger partial charge in [-0.2, -0.15) is 4.52 Å². The van der Waals surface area contributed by atoms with Crippen molar-refractivity contribution in [2.45, 2.75) is 0 Å². The summed E-state index contributed by atoms with van der Waals surface area (Å²) in [5, 5.41) is 4.69. The van der Waals surface area contributed by atoms with Gasteiger partial charge in [-0.05, 0) is 34.9 Å². The third-order valence-electron chi connectivity index (χ3n) is 6.69. The summed E-state index contributed by atoms with van der Waals surface area (Å²) in [5.74, 6) is 1.27. The van der Waals surface area contributed by atoms with E-state index in [4.69, 9.17) is 25.4 Å². The van der Waals surface area contributed by atoms with Gasteiger partial charge in [-0.1, -0.05) is 158 Å². The summed E-state index contributed by atoms with van der Waals surface area (Å²) >= 11 is 6.47. The molecule has 0 unspecified atom stereocenters. The molecule has 0 bridgehead atoms. The minimum Gasteiger partial charge on any atom is -0.419 e. The van der Waals surface area contributed by atoms with Crippen LogP contribution in [0.15, 0.2) is 187 Å². The molecule has 0 radical (unpaired) electrons. The minimum absolute atomic E-state index is 0.633. The Morgan fingerprint density at radius 1 is 0.419 bits per heavy atom. The Morgan fingerprint density at radius 2 is 0.721 bits per heavy atom. The van der Waals surface area contributed by atoms with Crippen molar-refractivity contribution in [2.75, 3.05) is 0 Å². The molecule has 0 spiro atoms. The first kappa shape index (κ1) is 29.3. The molecule has 0 fully saturated rings. The Labute approximate surface area is 260 Å². The standard InChI is InChI=1S/C36H30NO2P3S/c43-42(38-31-19-7-1-8-20-31,39-32-21-9-2-10-22-32)37-41(35-27-15-5-16-28-35,36-29-17-6-18-30-36)40(33-23-11-3-12-24-33)34-25-13-4-14-26-34/h1-30H. The molecule has 7 heteroatoms. The van der Waals surface area contributed by atoms with Gasteiger partial charge in [0.1, 0.15) is 11.5 Å². The zero-order valence-corrected chi connectivity index (χ0v) is 26.8. The van der Waals surface area contributed by atoms with E-state index < -0.39 is 21.0 Å². The lowest BCUT2D eigenvalue weighted by molar-refractivity contribution is 0.489. The van der Waals surface area contributed by atoms with Crippen molar-refractivity contribution >= 4 is 54.0 Å². The molecule has 0 aliphatic heterocycles. The van der Waals surface area contributed by atoms with Gasteiger partial charge in [0.25, 0.3) is 0 Å². The third kappa shape index (κ3) is 6.75. The number of hydrogen-bond acceptors (Lipinski definition) is 3. The molecule has 0 aromatic heterocycles. The molecule has 0 saturated heterocycles. The van der Waals surface area contributed by atoms with Crippen LogP contribution < -0.4 is 30.3 Å². The number of hydrogen-bond donors (Lipinski definition) is 0. The summed E-state index contributed by atoms with van der Waals surface area (Å²) in [5.41, 5.74) is 0. The molecule has 212 valence electrons. The predicted molar refractivity (Wildman–Crippen MR) is 189 cm³/mol. The van der Waals surface area contributed by atoms with Gasteiger partial charge < -0.3 is 9.05 Å². The van der Waals surface area contributed by atoms with Crippen LogP contribution in [0.25, 0.3) is 0 Å². The van der Waals surface area contributed by atoms with Crippen LogP contribution in [0.2, 0.25) is 0 Å². The monoisotopic (exact) mass is 633 g/mol. The normalized spacial score (nSPS) is 11.6. The Kier molecular flexibility index (Phi) is 9.33. The topological polar surface area (TPSA) is 30.8 Å². The molecule has 6 aromatic carbocycles. The van der Waals surface area contributed by atoms with Crippen LogP contribution in [-0.4, -0.2) is 0 Å². The highest BCUT2D eigenvalue weighted by atomic mass is 32.5. The van der Waals surface area contributed by atoms with Gasteiger partial charge in [-0.3, -0.25) is 0 Å². The molecule has 0 atom stereocenters. The van der Waals surface area contributed by atoms with Crippen molar-refractivity contribution < 1.29 is 9.05 Å². The number of benzene rings is 6. The van der Waals surface area contributed by atoms with Crippen molar-refractivity contribution in [2.24, 2.45) is 4.52 Å². The van der Waals surface area contributed by atoms with E-state index in [2.05, 4.69) is 109 Å². The van der Waals surface area contributed by atoms with Crippen LogP contribution in [0.4, 0.5) is 0 Å². The van der Waals surface area contributed by atoms with E-state index in [1.165, 1.54) is 10.6 Å². The molecule has 3 nitrogen and oxygen atoms in total. The summed E-state index contributed by atoms with van der Waals surface area (Å²) < 4.78 is 19.2. The van der Waals surface area contributed by atoms with E-state index in [1.807, 2.05) is 72.8 Å². The summed E-state index contributed by atoms with van der Waals surface area (Å²) in [6.07, 6.45) is 0. The largest absolute Gasteiger partial charge is 0.419 e. The molecule has 0 saturated carbocycles. The van der Waals surface area contributed by atoms with Crippen LogP contribution in [0.5, 0.6) is 11.5 Å². The van der Waals surface area contributed by atoms with E-state index in [9.17, 15) is 0 Å². The summed E-state index contributed by atoms with van der Waals surface area (Å²) in [6.45, 7) is -6.15. The van der Waals surface area contributed by atoms with Crippen LogP contribution in [0.1, 0.15) is 0 Å². The fourth-order valence-electron chi connectivity index (χ4n) is 4.86. The molecule has 6 rings (SSSR count). The number of para-hydroxylation sites is 2. The van der Waals surface area contributed by atoms with Crippen molar-refractivity contribution in [3.05, 3.63) is 182 Å². The summed E-state index contributed by atoms with van der Waals surface area (Å²) in [7, 11) is -1.12. The van der Waals surface area contributed by atoms with Crippen molar-refractivity contribution in [3.63, 3.8) is 0 Å². The molecule has 6 aromatic rings. The van der Waals surface area contributed by atoms with Gasteiger partial charge in [0.2, 0.25) is 0 Å². The molecule has 0 aliphatic rings. The van der Waals surface area contributed by atoms with Crippen LogP contribution in [0.3, 0.4) is 0 Å². The Hall–Kier alpha value is -3.77. The highest BCUT2D eigenvalue weighted by molar-refractivity contribution is 8.46. The summed E-state index contributed by atoms with van der Waals surface area (Å²) in [6, 6.07) is 61.9. The van der Waals surface area contributed by atoms with Crippen LogP contribution in [0, 0.1) is 0 Å². The smallest absolute Gasteiger partial charge is 0.413 e. The second kappa shape index (κ2) is 13.7. The van der Waals surface area contributed by atoms with Gasteiger partial charge in [-0.25, -0.2) is 0 Å². The fraction of sp³-hybridized carbons (Fsp3) is 0. The quantitative estimate of drug-likeness (QED) is 0.141. The predicted octanol–water partition coefficient (Wildman–Crippen LogP) is 9.27. The fourth-order valence-corrected chi connectivity index (χ4v) is 20.8.